The van der Waals surface area contributed by atoms with Crippen molar-refractivity contribution in [2.24, 2.45) is 13.0 Å². The first-order chi connectivity index (χ1) is 16.8. The molecular formula is C24H29F3N6OS. The maximum absolute atomic E-state index is 13.0. The predicted molar refractivity (Wildman–Crippen MR) is 128 cm³/mol. The summed E-state index contributed by atoms with van der Waals surface area (Å²) in [6.45, 7) is 5.77. The second-order valence-electron chi connectivity index (χ2n) is 9.30. The van der Waals surface area contributed by atoms with Gasteiger partial charge in [0, 0.05) is 44.2 Å². The van der Waals surface area contributed by atoms with E-state index in [1.807, 2.05) is 18.5 Å². The highest BCUT2D eigenvalue weighted by Crippen LogP contribution is 2.36. The fourth-order valence-corrected chi connectivity index (χ4v) is 6.05. The Hall–Kier alpha value is -2.53. The van der Waals surface area contributed by atoms with Crippen LogP contribution in [0.4, 0.5) is 18.9 Å². The van der Waals surface area contributed by atoms with Gasteiger partial charge in [-0.05, 0) is 62.9 Å². The van der Waals surface area contributed by atoms with Gasteiger partial charge < -0.3 is 18.8 Å². The minimum atomic E-state index is -4.30. The van der Waals surface area contributed by atoms with E-state index in [9.17, 15) is 13.2 Å². The fourth-order valence-electron chi connectivity index (χ4n) is 5.22. The molecule has 0 bridgehead atoms. The SMILES string of the molecule is Cc1ncoc1-c1nnc(SCCCN2C[C@H]3CCCN(c4ccc(C(F)(F)F)cc4)[C@H]3C2)n1C. The summed E-state index contributed by atoms with van der Waals surface area (Å²) in [5.41, 5.74) is 1.09. The van der Waals surface area contributed by atoms with Gasteiger partial charge in [-0.2, -0.15) is 13.2 Å². The molecule has 4 heterocycles. The molecule has 2 atom stereocenters. The van der Waals surface area contributed by atoms with Crippen molar-refractivity contribution in [3.8, 4) is 11.6 Å². The lowest BCUT2D eigenvalue weighted by atomic mass is 9.91. The largest absolute Gasteiger partial charge is 0.440 e. The minimum Gasteiger partial charge on any atom is -0.440 e. The van der Waals surface area contributed by atoms with Gasteiger partial charge in [-0.3, -0.25) is 0 Å². The lowest BCUT2D eigenvalue weighted by Crippen LogP contribution is -2.45. The molecule has 0 amide bonds. The summed E-state index contributed by atoms with van der Waals surface area (Å²) in [5, 5.41) is 9.41. The van der Waals surface area contributed by atoms with Crippen LogP contribution < -0.4 is 4.90 Å². The second kappa shape index (κ2) is 9.85. The number of aromatic nitrogens is 4. The number of hydrogen-bond acceptors (Lipinski definition) is 7. The average molecular weight is 507 g/mol. The molecule has 2 aliphatic heterocycles. The van der Waals surface area contributed by atoms with Crippen LogP contribution in [0.25, 0.3) is 11.6 Å². The molecule has 11 heteroatoms. The van der Waals surface area contributed by atoms with Crippen LogP contribution in [0.5, 0.6) is 0 Å². The zero-order valence-electron chi connectivity index (χ0n) is 19.8. The summed E-state index contributed by atoms with van der Waals surface area (Å²) in [6, 6.07) is 6.01. The minimum absolute atomic E-state index is 0.361. The number of alkyl halides is 3. The van der Waals surface area contributed by atoms with Gasteiger partial charge in [-0.25, -0.2) is 4.98 Å². The average Bonchev–Trinajstić information content (AvgIpc) is 3.54. The number of rotatable bonds is 7. The van der Waals surface area contributed by atoms with Crippen molar-refractivity contribution >= 4 is 17.4 Å². The predicted octanol–water partition coefficient (Wildman–Crippen LogP) is 4.88. The molecule has 0 N–H and O–H groups in total. The van der Waals surface area contributed by atoms with Crippen LogP contribution in [0.3, 0.4) is 0 Å². The van der Waals surface area contributed by atoms with E-state index < -0.39 is 11.7 Å². The molecule has 1 aromatic carbocycles. The van der Waals surface area contributed by atoms with E-state index in [2.05, 4.69) is 25.0 Å². The molecule has 3 aromatic rings. The third kappa shape index (κ3) is 5.06. The topological polar surface area (TPSA) is 63.2 Å². The summed E-state index contributed by atoms with van der Waals surface area (Å²) in [4.78, 5) is 8.94. The molecule has 5 rings (SSSR count). The van der Waals surface area contributed by atoms with Gasteiger partial charge in [-0.1, -0.05) is 11.8 Å². The molecule has 35 heavy (non-hydrogen) atoms. The maximum Gasteiger partial charge on any atom is 0.416 e. The van der Waals surface area contributed by atoms with Crippen LogP contribution in [0.2, 0.25) is 0 Å². The Kier molecular flexibility index (Phi) is 6.80. The number of benzene rings is 1. The molecule has 2 aromatic heterocycles. The lowest BCUT2D eigenvalue weighted by Gasteiger charge is -2.39. The number of anilines is 1. The van der Waals surface area contributed by atoms with Gasteiger partial charge in [0.15, 0.2) is 17.3 Å². The molecule has 0 unspecified atom stereocenters. The van der Waals surface area contributed by atoms with Gasteiger partial charge in [0.05, 0.1) is 11.3 Å². The van der Waals surface area contributed by atoms with Crippen LogP contribution >= 0.6 is 11.8 Å². The van der Waals surface area contributed by atoms with E-state index in [0.717, 1.165) is 61.3 Å². The molecule has 7 nitrogen and oxygen atoms in total. The number of fused-ring (bicyclic) bond motifs is 1. The standard InChI is InChI=1S/C24H29F3N6OS/c1-16-21(34-15-28-16)22-29-30-23(31(22)2)35-12-4-10-32-13-17-5-3-11-33(20(17)14-32)19-8-6-18(7-9-19)24(25,26)27/h6-9,15,17,20H,3-5,10-14H2,1-2H3/t17-,20+/m1/s1. The van der Waals surface area contributed by atoms with E-state index in [1.54, 1.807) is 23.9 Å². The van der Waals surface area contributed by atoms with Gasteiger partial charge in [0.25, 0.3) is 0 Å². The van der Waals surface area contributed by atoms with E-state index >= 15 is 0 Å². The van der Waals surface area contributed by atoms with Gasteiger partial charge in [0.1, 0.15) is 0 Å². The molecule has 0 spiro atoms. The molecule has 2 aliphatic rings. The number of halogens is 3. The highest BCUT2D eigenvalue weighted by atomic mass is 32.2. The third-order valence-corrected chi connectivity index (χ3v) is 8.12. The third-order valence-electron chi connectivity index (χ3n) is 7.02. The fraction of sp³-hybridized carbons (Fsp3) is 0.542. The maximum atomic E-state index is 13.0. The lowest BCUT2D eigenvalue weighted by molar-refractivity contribution is -0.137. The smallest absolute Gasteiger partial charge is 0.416 e. The molecule has 2 saturated heterocycles. The number of aryl methyl sites for hydroxylation is 1. The van der Waals surface area contributed by atoms with Crippen molar-refractivity contribution in [2.75, 3.05) is 36.8 Å². The Labute approximate surface area is 206 Å². The first-order valence-corrected chi connectivity index (χ1v) is 12.9. The van der Waals surface area contributed by atoms with Crippen molar-refractivity contribution in [2.45, 2.75) is 43.6 Å². The number of nitrogens with zero attached hydrogens (tertiary/aromatic N) is 6. The summed E-state index contributed by atoms with van der Waals surface area (Å²) >= 11 is 1.68. The van der Waals surface area contributed by atoms with E-state index in [4.69, 9.17) is 4.42 Å². The first-order valence-electron chi connectivity index (χ1n) is 11.9. The Morgan fingerprint density at radius 2 is 1.94 bits per heavy atom. The number of oxazole rings is 1. The van der Waals surface area contributed by atoms with Crippen molar-refractivity contribution in [1.29, 1.82) is 0 Å². The molecule has 0 aliphatic carbocycles. The van der Waals surface area contributed by atoms with Gasteiger partial charge in [-0.15, -0.1) is 10.2 Å². The van der Waals surface area contributed by atoms with Crippen molar-refractivity contribution in [1.82, 2.24) is 24.6 Å². The number of thioether (sulfide) groups is 1. The Morgan fingerprint density at radius 3 is 2.66 bits per heavy atom. The molecule has 0 saturated carbocycles. The highest BCUT2D eigenvalue weighted by Gasteiger charge is 2.39. The number of hydrogen-bond donors (Lipinski definition) is 0. The van der Waals surface area contributed by atoms with Crippen molar-refractivity contribution in [3.63, 3.8) is 0 Å². The quantitative estimate of drug-likeness (QED) is 0.334. The summed E-state index contributed by atoms with van der Waals surface area (Å²) in [5.74, 6) is 2.80. The second-order valence-corrected chi connectivity index (χ2v) is 10.4. The monoisotopic (exact) mass is 506 g/mol. The van der Waals surface area contributed by atoms with Crippen molar-refractivity contribution < 1.29 is 17.6 Å². The van der Waals surface area contributed by atoms with E-state index in [0.29, 0.717) is 23.5 Å². The molecular weight excluding hydrogens is 477 g/mol. The summed E-state index contributed by atoms with van der Waals surface area (Å²) < 4.78 is 46.2. The molecule has 188 valence electrons. The summed E-state index contributed by atoms with van der Waals surface area (Å²) in [7, 11) is 1.93. The number of piperidine rings is 1. The molecule has 0 radical (unpaired) electrons. The Morgan fingerprint density at radius 1 is 1.14 bits per heavy atom. The Balaban J connectivity index is 1.14. The van der Waals surface area contributed by atoms with Crippen molar-refractivity contribution in [3.05, 3.63) is 41.9 Å². The van der Waals surface area contributed by atoms with Crippen LogP contribution in [0.15, 0.2) is 40.2 Å². The Bertz CT molecular complexity index is 1150. The van der Waals surface area contributed by atoms with Crippen LogP contribution in [0.1, 0.15) is 30.5 Å². The van der Waals surface area contributed by atoms with Gasteiger partial charge >= 0.3 is 6.18 Å². The summed E-state index contributed by atoms with van der Waals surface area (Å²) in [6.07, 6.45) is 0.389. The molecule has 2 fully saturated rings. The zero-order valence-corrected chi connectivity index (χ0v) is 20.6. The normalized spacial score (nSPS) is 21.0. The van der Waals surface area contributed by atoms with E-state index in [-0.39, 0.29) is 0 Å². The number of likely N-dealkylation sites (tertiary alicyclic amines) is 1. The van der Waals surface area contributed by atoms with Crippen LogP contribution in [-0.2, 0) is 13.2 Å². The van der Waals surface area contributed by atoms with Crippen LogP contribution in [0, 0.1) is 12.8 Å². The highest BCUT2D eigenvalue weighted by molar-refractivity contribution is 7.99. The first kappa shape index (κ1) is 24.2. The van der Waals surface area contributed by atoms with Gasteiger partial charge in [0.2, 0.25) is 5.82 Å². The van der Waals surface area contributed by atoms with Crippen LogP contribution in [-0.4, -0.2) is 62.6 Å². The zero-order chi connectivity index (χ0) is 24.6. The van der Waals surface area contributed by atoms with E-state index in [1.165, 1.54) is 24.9 Å².